The van der Waals surface area contributed by atoms with Crippen LogP contribution in [0.25, 0.3) is 0 Å². The molecule has 1 aromatic rings. The predicted octanol–water partition coefficient (Wildman–Crippen LogP) is 2.69. The van der Waals surface area contributed by atoms with E-state index in [9.17, 15) is 4.79 Å². The van der Waals surface area contributed by atoms with Gasteiger partial charge in [0.05, 0.1) is 17.3 Å². The molecule has 21 heavy (non-hydrogen) atoms. The van der Waals surface area contributed by atoms with Crippen LogP contribution in [-0.2, 0) is 4.79 Å². The van der Waals surface area contributed by atoms with Gasteiger partial charge in [-0.3, -0.25) is 9.69 Å². The average molecular weight is 332 g/mol. The van der Waals surface area contributed by atoms with Crippen molar-refractivity contribution in [1.82, 2.24) is 10.2 Å². The molecule has 2 atom stereocenters. The van der Waals surface area contributed by atoms with Crippen LogP contribution >= 0.6 is 24.0 Å². The third-order valence-corrected chi connectivity index (χ3v) is 3.71. The molecule has 1 heterocycles. The molecule has 2 rings (SSSR count). The molecule has 118 valence electrons. The minimum Gasteiger partial charge on any atom is -0.324 e. The number of nitrogens with zero attached hydrogens (tertiary/aromatic N) is 1. The number of anilines is 1. The molecule has 1 saturated heterocycles. The highest BCUT2D eigenvalue weighted by molar-refractivity contribution is 6.33. The number of carbonyl (C=O) groups is 1. The maximum absolute atomic E-state index is 12.1. The van der Waals surface area contributed by atoms with Gasteiger partial charge >= 0.3 is 0 Å². The summed E-state index contributed by atoms with van der Waals surface area (Å²) in [6.45, 7) is 8.43. The van der Waals surface area contributed by atoms with Crippen molar-refractivity contribution in [2.75, 3.05) is 25.0 Å². The summed E-state index contributed by atoms with van der Waals surface area (Å²) < 4.78 is 0. The Hall–Kier alpha value is -0.810. The van der Waals surface area contributed by atoms with Gasteiger partial charge in [0.15, 0.2) is 0 Å². The lowest BCUT2D eigenvalue weighted by Crippen LogP contribution is -2.55. The monoisotopic (exact) mass is 331 g/mol. The Morgan fingerprint density at radius 3 is 2.57 bits per heavy atom. The second kappa shape index (κ2) is 7.99. The molecule has 0 spiro atoms. The van der Waals surface area contributed by atoms with Gasteiger partial charge < -0.3 is 10.6 Å². The number of amides is 1. The van der Waals surface area contributed by atoms with Crippen molar-refractivity contribution in [3.05, 3.63) is 28.8 Å². The highest BCUT2D eigenvalue weighted by Gasteiger charge is 2.22. The number of benzene rings is 1. The zero-order chi connectivity index (χ0) is 14.7. The van der Waals surface area contributed by atoms with E-state index in [-0.39, 0.29) is 18.3 Å². The van der Waals surface area contributed by atoms with E-state index in [2.05, 4.69) is 29.4 Å². The second-order valence-electron chi connectivity index (χ2n) is 5.69. The number of carbonyl (C=O) groups excluding carboxylic acids is 1. The van der Waals surface area contributed by atoms with Crippen LogP contribution in [0.15, 0.2) is 18.2 Å². The van der Waals surface area contributed by atoms with E-state index in [4.69, 9.17) is 11.6 Å². The Morgan fingerprint density at radius 2 is 2.00 bits per heavy atom. The Labute approximate surface area is 137 Å². The lowest BCUT2D eigenvalue weighted by Gasteiger charge is -2.35. The minimum atomic E-state index is -0.0166. The van der Waals surface area contributed by atoms with Gasteiger partial charge in [0.2, 0.25) is 5.91 Å². The molecule has 4 nitrogen and oxygen atoms in total. The van der Waals surface area contributed by atoms with E-state index in [1.165, 1.54) is 0 Å². The van der Waals surface area contributed by atoms with E-state index < -0.39 is 0 Å². The molecule has 6 heteroatoms. The maximum Gasteiger partial charge on any atom is 0.238 e. The average Bonchev–Trinajstić information content (AvgIpc) is 2.31. The molecule has 1 aliphatic heterocycles. The summed E-state index contributed by atoms with van der Waals surface area (Å²) in [7, 11) is 0. The van der Waals surface area contributed by atoms with Gasteiger partial charge in [-0.05, 0) is 38.5 Å². The first-order chi connectivity index (χ1) is 9.44. The zero-order valence-corrected chi connectivity index (χ0v) is 14.2. The fourth-order valence-electron chi connectivity index (χ4n) is 2.68. The van der Waals surface area contributed by atoms with Gasteiger partial charge in [-0.25, -0.2) is 0 Å². The SMILES string of the molecule is Cc1ccc(NC(=O)CN2CC(C)NC(C)C2)c(Cl)c1.Cl. The van der Waals surface area contributed by atoms with E-state index in [0.717, 1.165) is 18.7 Å². The molecular formula is C15H23Cl2N3O. The van der Waals surface area contributed by atoms with Gasteiger partial charge in [-0.2, -0.15) is 0 Å². The molecule has 1 aliphatic rings. The van der Waals surface area contributed by atoms with Crippen LogP contribution in [0, 0.1) is 6.92 Å². The standard InChI is InChI=1S/C15H22ClN3O.ClH/c1-10-4-5-14(13(16)6-10)18-15(20)9-19-7-11(2)17-12(3)8-19;/h4-6,11-12,17H,7-9H2,1-3H3,(H,18,20);1H. The number of hydrogen-bond donors (Lipinski definition) is 2. The van der Waals surface area contributed by atoms with Gasteiger partial charge in [0.1, 0.15) is 0 Å². The van der Waals surface area contributed by atoms with E-state index >= 15 is 0 Å². The molecule has 0 radical (unpaired) electrons. The Balaban J connectivity index is 0.00000220. The van der Waals surface area contributed by atoms with Crippen LogP contribution in [0.2, 0.25) is 5.02 Å². The molecule has 0 aliphatic carbocycles. The van der Waals surface area contributed by atoms with E-state index in [1.807, 2.05) is 25.1 Å². The molecule has 1 aromatic carbocycles. The van der Waals surface area contributed by atoms with Crippen molar-refractivity contribution in [2.24, 2.45) is 0 Å². The third-order valence-electron chi connectivity index (χ3n) is 3.40. The van der Waals surface area contributed by atoms with Crippen molar-refractivity contribution in [1.29, 1.82) is 0 Å². The normalized spacial score (nSPS) is 22.5. The predicted molar refractivity (Wildman–Crippen MR) is 90.6 cm³/mol. The van der Waals surface area contributed by atoms with Crippen molar-refractivity contribution >= 4 is 35.6 Å². The van der Waals surface area contributed by atoms with Gasteiger partial charge in [-0.1, -0.05) is 17.7 Å². The lowest BCUT2D eigenvalue weighted by molar-refractivity contribution is -0.117. The molecule has 2 unspecified atom stereocenters. The number of rotatable bonds is 3. The largest absolute Gasteiger partial charge is 0.324 e. The number of piperazine rings is 1. The summed E-state index contributed by atoms with van der Waals surface area (Å²) in [5.74, 6) is -0.0166. The summed E-state index contributed by atoms with van der Waals surface area (Å²) in [5.41, 5.74) is 1.76. The first kappa shape index (κ1) is 18.2. The van der Waals surface area contributed by atoms with Crippen LogP contribution in [0.3, 0.4) is 0 Å². The number of aryl methyl sites for hydroxylation is 1. The van der Waals surface area contributed by atoms with Crippen molar-refractivity contribution in [3.63, 3.8) is 0 Å². The highest BCUT2D eigenvalue weighted by atomic mass is 35.5. The molecule has 1 fully saturated rings. The summed E-state index contributed by atoms with van der Waals surface area (Å²) in [5, 5.41) is 6.92. The summed E-state index contributed by atoms with van der Waals surface area (Å²) in [6, 6.07) is 6.46. The van der Waals surface area contributed by atoms with Crippen molar-refractivity contribution < 1.29 is 4.79 Å². The first-order valence-corrected chi connectivity index (χ1v) is 7.36. The molecular weight excluding hydrogens is 309 g/mol. The molecule has 0 aromatic heterocycles. The number of halogens is 2. The van der Waals surface area contributed by atoms with E-state index in [0.29, 0.717) is 29.3 Å². The molecule has 0 bridgehead atoms. The smallest absolute Gasteiger partial charge is 0.238 e. The zero-order valence-electron chi connectivity index (χ0n) is 12.6. The van der Waals surface area contributed by atoms with Crippen LogP contribution in [0.5, 0.6) is 0 Å². The Kier molecular flexibility index (Phi) is 6.94. The van der Waals surface area contributed by atoms with Gasteiger partial charge in [0.25, 0.3) is 0 Å². The molecule has 2 N–H and O–H groups in total. The van der Waals surface area contributed by atoms with E-state index in [1.54, 1.807) is 0 Å². The highest BCUT2D eigenvalue weighted by Crippen LogP contribution is 2.22. The van der Waals surface area contributed by atoms with Gasteiger partial charge in [0, 0.05) is 25.2 Å². The quantitative estimate of drug-likeness (QED) is 0.895. The molecule has 0 saturated carbocycles. The fourth-order valence-corrected chi connectivity index (χ4v) is 2.97. The third kappa shape index (κ3) is 5.47. The molecule has 1 amide bonds. The Morgan fingerprint density at radius 1 is 1.38 bits per heavy atom. The summed E-state index contributed by atoms with van der Waals surface area (Å²) in [4.78, 5) is 14.3. The fraction of sp³-hybridized carbons (Fsp3) is 0.533. The maximum atomic E-state index is 12.1. The number of hydrogen-bond acceptors (Lipinski definition) is 3. The summed E-state index contributed by atoms with van der Waals surface area (Å²) >= 11 is 6.12. The minimum absolute atomic E-state index is 0. The lowest BCUT2D eigenvalue weighted by atomic mass is 10.1. The first-order valence-electron chi connectivity index (χ1n) is 6.98. The number of nitrogens with one attached hydrogen (secondary N) is 2. The van der Waals surface area contributed by atoms with Crippen LogP contribution < -0.4 is 10.6 Å². The Bertz CT molecular complexity index is 486. The van der Waals surface area contributed by atoms with Gasteiger partial charge in [-0.15, -0.1) is 12.4 Å². The van der Waals surface area contributed by atoms with Crippen molar-refractivity contribution in [3.8, 4) is 0 Å². The topological polar surface area (TPSA) is 44.4 Å². The van der Waals surface area contributed by atoms with Crippen LogP contribution in [-0.4, -0.2) is 42.5 Å². The van der Waals surface area contributed by atoms with Crippen LogP contribution in [0.1, 0.15) is 19.4 Å². The second-order valence-corrected chi connectivity index (χ2v) is 6.10. The van der Waals surface area contributed by atoms with Crippen LogP contribution in [0.4, 0.5) is 5.69 Å². The summed E-state index contributed by atoms with van der Waals surface area (Å²) in [6.07, 6.45) is 0. The van der Waals surface area contributed by atoms with Crippen molar-refractivity contribution in [2.45, 2.75) is 32.9 Å².